The molecule has 1 N–H and O–H groups in total. The molecule has 32 heavy (non-hydrogen) atoms. The van der Waals surface area contributed by atoms with Crippen LogP contribution in [-0.4, -0.2) is 41.4 Å². The van der Waals surface area contributed by atoms with Gasteiger partial charge in [-0.15, -0.1) is 0 Å². The number of imidazole rings is 1. The van der Waals surface area contributed by atoms with E-state index in [1.54, 1.807) is 33.5 Å². The van der Waals surface area contributed by atoms with Crippen molar-refractivity contribution in [2.24, 2.45) is 0 Å². The predicted octanol–water partition coefficient (Wildman–Crippen LogP) is 4.97. The molecule has 160 valence electrons. The van der Waals surface area contributed by atoms with Gasteiger partial charge in [0.25, 0.3) is 5.89 Å². The molecule has 0 amide bonds. The monoisotopic (exact) mass is 428 g/mol. The Hall–Kier alpha value is -4.33. The van der Waals surface area contributed by atoms with Gasteiger partial charge >= 0.3 is 0 Å². The van der Waals surface area contributed by atoms with Gasteiger partial charge in [-0.05, 0) is 30.3 Å². The Morgan fingerprint density at radius 1 is 0.719 bits per heavy atom. The van der Waals surface area contributed by atoms with Crippen molar-refractivity contribution in [2.75, 3.05) is 21.3 Å². The summed E-state index contributed by atoms with van der Waals surface area (Å²) in [4.78, 5) is 12.5. The summed E-state index contributed by atoms with van der Waals surface area (Å²) in [5.41, 5.74) is 4.33. The van der Waals surface area contributed by atoms with Crippen molar-refractivity contribution < 1.29 is 18.7 Å². The van der Waals surface area contributed by atoms with Crippen molar-refractivity contribution in [2.45, 2.75) is 0 Å². The molecule has 8 nitrogen and oxygen atoms in total. The van der Waals surface area contributed by atoms with Crippen molar-refractivity contribution in [3.05, 3.63) is 60.7 Å². The fraction of sp³-hybridized carbons (Fsp3) is 0.125. The average Bonchev–Trinajstić information content (AvgIpc) is 3.51. The Bertz CT molecular complexity index is 1390. The molecular weight excluding hydrogens is 408 g/mol. The third kappa shape index (κ3) is 3.51. The molecule has 2 heterocycles. The second-order valence-electron chi connectivity index (χ2n) is 7.04. The van der Waals surface area contributed by atoms with E-state index in [0.717, 1.165) is 39.3 Å². The number of rotatable bonds is 6. The zero-order chi connectivity index (χ0) is 22.1. The number of H-pyrrole nitrogens is 1. The maximum Gasteiger partial charge on any atom is 0.258 e. The number of ether oxygens (including phenoxy) is 3. The lowest BCUT2D eigenvalue weighted by Gasteiger charge is -2.07. The third-order valence-corrected chi connectivity index (χ3v) is 5.16. The summed E-state index contributed by atoms with van der Waals surface area (Å²) in [6.07, 6.45) is 0. The van der Waals surface area contributed by atoms with E-state index in [1.807, 2.05) is 48.5 Å². The molecule has 2 aromatic heterocycles. The topological polar surface area (TPSA) is 95.3 Å². The second kappa shape index (κ2) is 8.07. The van der Waals surface area contributed by atoms with Crippen molar-refractivity contribution in [3.63, 3.8) is 0 Å². The fourth-order valence-electron chi connectivity index (χ4n) is 3.45. The number of aromatic amines is 1. The van der Waals surface area contributed by atoms with E-state index in [-0.39, 0.29) is 0 Å². The molecule has 5 aromatic rings. The van der Waals surface area contributed by atoms with E-state index in [2.05, 4.69) is 20.1 Å². The first-order valence-electron chi connectivity index (χ1n) is 9.89. The Labute approximate surface area is 183 Å². The molecule has 0 radical (unpaired) electrons. The van der Waals surface area contributed by atoms with Crippen LogP contribution in [0.5, 0.6) is 17.2 Å². The van der Waals surface area contributed by atoms with Gasteiger partial charge in [-0.1, -0.05) is 29.4 Å². The summed E-state index contributed by atoms with van der Waals surface area (Å²) in [5.74, 6) is 3.67. The normalized spacial score (nSPS) is 11.0. The molecule has 0 aliphatic carbocycles. The van der Waals surface area contributed by atoms with Gasteiger partial charge in [0.05, 0.1) is 32.4 Å². The number of benzene rings is 3. The lowest BCUT2D eigenvalue weighted by atomic mass is 10.1. The molecule has 5 rings (SSSR count). The molecule has 0 saturated heterocycles. The van der Waals surface area contributed by atoms with Gasteiger partial charge in [0.2, 0.25) is 5.82 Å². The smallest absolute Gasteiger partial charge is 0.258 e. The molecular formula is C24H20N4O4. The van der Waals surface area contributed by atoms with Crippen LogP contribution in [0.2, 0.25) is 0 Å². The van der Waals surface area contributed by atoms with Crippen LogP contribution < -0.4 is 14.2 Å². The van der Waals surface area contributed by atoms with Gasteiger partial charge in [-0.3, -0.25) is 0 Å². The number of fused-ring (bicyclic) bond motifs is 1. The van der Waals surface area contributed by atoms with E-state index in [9.17, 15) is 0 Å². The van der Waals surface area contributed by atoms with Crippen molar-refractivity contribution in [1.29, 1.82) is 0 Å². The number of hydrogen-bond donors (Lipinski definition) is 1. The van der Waals surface area contributed by atoms with Gasteiger partial charge in [0.15, 0.2) is 11.5 Å². The third-order valence-electron chi connectivity index (χ3n) is 5.16. The SMILES string of the molecule is COc1ccc2[nH]c(-c3ccc(-c4noc(-c5ccc(OC)c(OC)c5)n4)cc3)nc2c1. The fourth-order valence-corrected chi connectivity index (χ4v) is 3.45. The van der Waals surface area contributed by atoms with Crippen LogP contribution in [-0.2, 0) is 0 Å². The first-order chi connectivity index (χ1) is 15.7. The minimum Gasteiger partial charge on any atom is -0.497 e. The van der Waals surface area contributed by atoms with Gasteiger partial charge in [-0.2, -0.15) is 4.98 Å². The van der Waals surface area contributed by atoms with Crippen LogP contribution in [0, 0.1) is 0 Å². The second-order valence-corrected chi connectivity index (χ2v) is 7.04. The largest absolute Gasteiger partial charge is 0.497 e. The Morgan fingerprint density at radius 2 is 1.47 bits per heavy atom. The highest BCUT2D eigenvalue weighted by atomic mass is 16.5. The van der Waals surface area contributed by atoms with Gasteiger partial charge in [-0.25, -0.2) is 4.98 Å². The highest BCUT2D eigenvalue weighted by Gasteiger charge is 2.14. The van der Waals surface area contributed by atoms with E-state index in [0.29, 0.717) is 23.2 Å². The summed E-state index contributed by atoms with van der Waals surface area (Å²) in [5, 5.41) is 4.12. The summed E-state index contributed by atoms with van der Waals surface area (Å²) < 4.78 is 21.4. The molecule has 0 saturated carbocycles. The maximum absolute atomic E-state index is 5.47. The molecule has 8 heteroatoms. The number of hydrogen-bond acceptors (Lipinski definition) is 7. The number of nitrogens with zero attached hydrogens (tertiary/aromatic N) is 3. The first kappa shape index (κ1) is 19.6. The molecule has 0 aliphatic rings. The molecule has 0 atom stereocenters. The van der Waals surface area contributed by atoms with Crippen LogP contribution in [0.3, 0.4) is 0 Å². The van der Waals surface area contributed by atoms with Gasteiger partial charge in [0.1, 0.15) is 11.6 Å². The summed E-state index contributed by atoms with van der Waals surface area (Å²) in [6.45, 7) is 0. The minimum atomic E-state index is 0.399. The summed E-state index contributed by atoms with van der Waals surface area (Å²) >= 11 is 0. The number of aromatic nitrogens is 4. The maximum atomic E-state index is 5.47. The first-order valence-corrected chi connectivity index (χ1v) is 9.89. The summed E-state index contributed by atoms with van der Waals surface area (Å²) in [6, 6.07) is 19.0. The highest BCUT2D eigenvalue weighted by molar-refractivity contribution is 5.81. The quantitative estimate of drug-likeness (QED) is 0.408. The molecule has 0 aliphatic heterocycles. The molecule has 0 spiro atoms. The van der Waals surface area contributed by atoms with Crippen LogP contribution in [0.25, 0.3) is 45.3 Å². The minimum absolute atomic E-state index is 0.399. The lowest BCUT2D eigenvalue weighted by Crippen LogP contribution is -1.91. The van der Waals surface area contributed by atoms with Crippen LogP contribution in [0.4, 0.5) is 0 Å². The standard InChI is InChI=1S/C24H20N4O4/c1-29-17-9-10-18-19(13-17)26-22(25-18)14-4-6-15(7-5-14)23-27-24(32-28-23)16-8-11-20(30-2)21(12-16)31-3/h4-13H,1-3H3,(H,25,26). The van der Waals surface area contributed by atoms with Crippen LogP contribution >= 0.6 is 0 Å². The van der Waals surface area contributed by atoms with Crippen LogP contribution in [0.15, 0.2) is 65.2 Å². The zero-order valence-corrected chi connectivity index (χ0v) is 17.7. The number of methoxy groups -OCH3 is 3. The lowest BCUT2D eigenvalue weighted by molar-refractivity contribution is 0.355. The molecule has 0 unspecified atom stereocenters. The van der Waals surface area contributed by atoms with E-state index in [4.69, 9.17) is 18.7 Å². The Kier molecular flexibility index (Phi) is 4.95. The van der Waals surface area contributed by atoms with Crippen molar-refractivity contribution in [1.82, 2.24) is 20.1 Å². The number of nitrogens with one attached hydrogen (secondary N) is 1. The van der Waals surface area contributed by atoms with E-state index in [1.165, 1.54) is 0 Å². The van der Waals surface area contributed by atoms with Crippen LogP contribution in [0.1, 0.15) is 0 Å². The van der Waals surface area contributed by atoms with E-state index < -0.39 is 0 Å². The molecule has 3 aromatic carbocycles. The summed E-state index contributed by atoms with van der Waals surface area (Å²) in [7, 11) is 4.82. The predicted molar refractivity (Wildman–Crippen MR) is 120 cm³/mol. The van der Waals surface area contributed by atoms with E-state index >= 15 is 0 Å². The average molecular weight is 428 g/mol. The van der Waals surface area contributed by atoms with Gasteiger partial charge < -0.3 is 23.7 Å². The highest BCUT2D eigenvalue weighted by Crippen LogP contribution is 2.32. The van der Waals surface area contributed by atoms with Gasteiger partial charge in [0, 0.05) is 22.8 Å². The molecule has 0 fully saturated rings. The van der Waals surface area contributed by atoms with Crippen molar-refractivity contribution in [3.8, 4) is 51.5 Å². The Balaban J connectivity index is 1.41. The zero-order valence-electron chi connectivity index (χ0n) is 17.7. The Morgan fingerprint density at radius 3 is 2.22 bits per heavy atom. The van der Waals surface area contributed by atoms with Crippen molar-refractivity contribution >= 4 is 11.0 Å². The molecule has 0 bridgehead atoms.